The van der Waals surface area contributed by atoms with E-state index in [1.807, 2.05) is 0 Å². The molecule has 142 valence electrons. The van der Waals surface area contributed by atoms with Gasteiger partial charge in [0, 0.05) is 25.2 Å². The lowest BCUT2D eigenvalue weighted by Crippen LogP contribution is -2.40. The van der Waals surface area contributed by atoms with Crippen molar-refractivity contribution in [1.29, 1.82) is 0 Å². The van der Waals surface area contributed by atoms with Crippen LogP contribution in [0.1, 0.15) is 12.0 Å². The normalized spacial score (nSPS) is 23.2. The molecule has 0 saturated carbocycles. The average Bonchev–Trinajstić information content (AvgIpc) is 3.17. The summed E-state index contributed by atoms with van der Waals surface area (Å²) in [7, 11) is 1.25. The van der Waals surface area contributed by atoms with E-state index < -0.39 is 24.1 Å². The van der Waals surface area contributed by atoms with E-state index in [0.29, 0.717) is 30.8 Å². The van der Waals surface area contributed by atoms with E-state index in [9.17, 15) is 18.8 Å². The van der Waals surface area contributed by atoms with Crippen LogP contribution in [-0.4, -0.2) is 50.3 Å². The first-order chi connectivity index (χ1) is 13.0. The van der Waals surface area contributed by atoms with Crippen molar-refractivity contribution < 1.29 is 28.2 Å². The van der Waals surface area contributed by atoms with Gasteiger partial charge in [0.05, 0.1) is 31.1 Å². The molecule has 2 amide bonds. The summed E-state index contributed by atoms with van der Waals surface area (Å²) in [5.74, 6) is -0.463. The second-order valence-electron chi connectivity index (χ2n) is 6.59. The molecular weight excluding hydrogens is 357 g/mol. The van der Waals surface area contributed by atoms with Crippen molar-refractivity contribution in [3.8, 4) is 0 Å². The van der Waals surface area contributed by atoms with Crippen LogP contribution in [0.25, 0.3) is 0 Å². The fraction of sp³-hybridized carbons (Fsp3) is 0.389. The highest BCUT2D eigenvalue weighted by molar-refractivity contribution is 5.95. The molecule has 1 N–H and O–H groups in total. The van der Waals surface area contributed by atoms with Gasteiger partial charge in [0.15, 0.2) is 5.78 Å². The Balaban J connectivity index is 1.58. The van der Waals surface area contributed by atoms with Crippen LogP contribution in [0, 0.1) is 5.82 Å². The van der Waals surface area contributed by atoms with Crippen LogP contribution in [-0.2, 0) is 20.7 Å². The van der Waals surface area contributed by atoms with Crippen molar-refractivity contribution in [3.05, 3.63) is 35.8 Å². The summed E-state index contributed by atoms with van der Waals surface area (Å²) in [5.41, 5.74) is 1.67. The van der Waals surface area contributed by atoms with Crippen molar-refractivity contribution in [1.82, 2.24) is 5.32 Å². The van der Waals surface area contributed by atoms with Gasteiger partial charge in [-0.2, -0.15) is 0 Å². The number of hydrogen-bond donors (Lipinski definition) is 1. The molecule has 1 aromatic rings. The summed E-state index contributed by atoms with van der Waals surface area (Å²) in [5, 5.41) is 2.52. The number of benzene rings is 1. The molecule has 1 fully saturated rings. The molecule has 1 aromatic carbocycles. The second-order valence-corrected chi connectivity index (χ2v) is 6.59. The summed E-state index contributed by atoms with van der Waals surface area (Å²) < 4.78 is 24.5. The number of allylic oxidation sites excluding steroid dienone is 1. The molecule has 0 aromatic heterocycles. The van der Waals surface area contributed by atoms with Gasteiger partial charge in [-0.1, -0.05) is 0 Å². The zero-order valence-electron chi connectivity index (χ0n) is 14.6. The fourth-order valence-electron chi connectivity index (χ4n) is 3.69. The van der Waals surface area contributed by atoms with Crippen LogP contribution in [0.15, 0.2) is 24.4 Å². The van der Waals surface area contributed by atoms with Crippen LogP contribution in [0.2, 0.25) is 0 Å². The predicted molar refractivity (Wildman–Crippen MR) is 93.2 cm³/mol. The van der Waals surface area contributed by atoms with Crippen molar-refractivity contribution >= 4 is 29.3 Å². The Kier molecular flexibility index (Phi) is 4.21. The molecule has 3 aliphatic rings. The molecule has 3 aliphatic heterocycles. The third-order valence-corrected chi connectivity index (χ3v) is 5.03. The number of nitrogens with zero attached hydrogens (tertiary/aromatic N) is 2. The molecule has 0 bridgehead atoms. The molecule has 9 heteroatoms. The quantitative estimate of drug-likeness (QED) is 0.866. The van der Waals surface area contributed by atoms with Gasteiger partial charge in [0.25, 0.3) is 0 Å². The third kappa shape index (κ3) is 2.98. The standard InChI is InChI=1S/C18H18FN3O5/c1-26-17(24)20-9-16-15-7-10-6-14(21-4-2-11(23)3-5-21)12(19)8-13(10)22(15)18(25)27-16/h2,4,6,8,15-16H,3,5,7,9H2,1H3,(H,20,24)/t15-,16-/m0/s1. The topological polar surface area (TPSA) is 88.2 Å². The minimum Gasteiger partial charge on any atom is -0.453 e. The van der Waals surface area contributed by atoms with Gasteiger partial charge in [0.1, 0.15) is 11.9 Å². The number of rotatable bonds is 3. The SMILES string of the molecule is COC(=O)NC[C@@H]1OC(=O)N2c3cc(F)c(N4C=CC(=O)CC4)cc3C[C@@H]12. The zero-order chi connectivity index (χ0) is 19.1. The monoisotopic (exact) mass is 375 g/mol. The van der Waals surface area contributed by atoms with Crippen LogP contribution < -0.4 is 15.1 Å². The molecule has 4 rings (SSSR count). The molecule has 0 aliphatic carbocycles. The Morgan fingerprint density at radius 2 is 2.19 bits per heavy atom. The largest absolute Gasteiger partial charge is 0.453 e. The first-order valence-corrected chi connectivity index (χ1v) is 8.59. The molecule has 1 saturated heterocycles. The van der Waals surface area contributed by atoms with Crippen LogP contribution in [0.3, 0.4) is 0 Å². The molecule has 2 atom stereocenters. The predicted octanol–water partition coefficient (Wildman–Crippen LogP) is 1.72. The van der Waals surface area contributed by atoms with Crippen molar-refractivity contribution in [2.24, 2.45) is 0 Å². The summed E-state index contributed by atoms with van der Waals surface area (Å²) in [6.07, 6.45) is 2.09. The van der Waals surface area contributed by atoms with Gasteiger partial charge >= 0.3 is 12.2 Å². The number of fused-ring (bicyclic) bond motifs is 3. The molecule has 8 nitrogen and oxygen atoms in total. The van der Waals surface area contributed by atoms with Gasteiger partial charge in [0.2, 0.25) is 0 Å². The Labute approximate surface area is 154 Å². The number of halogens is 1. The molecular formula is C18H18FN3O5. The van der Waals surface area contributed by atoms with E-state index in [1.54, 1.807) is 17.2 Å². The lowest BCUT2D eigenvalue weighted by molar-refractivity contribution is -0.114. The maximum Gasteiger partial charge on any atom is 0.415 e. The summed E-state index contributed by atoms with van der Waals surface area (Å²) >= 11 is 0. The first kappa shape index (κ1) is 17.3. The van der Waals surface area contributed by atoms with E-state index >= 15 is 0 Å². The number of methoxy groups -OCH3 is 1. The van der Waals surface area contributed by atoms with Crippen molar-refractivity contribution in [3.63, 3.8) is 0 Å². The van der Waals surface area contributed by atoms with Gasteiger partial charge < -0.3 is 19.7 Å². The van der Waals surface area contributed by atoms with Gasteiger partial charge in [-0.05, 0) is 24.1 Å². The fourth-order valence-corrected chi connectivity index (χ4v) is 3.69. The highest BCUT2D eigenvalue weighted by atomic mass is 19.1. The lowest BCUT2D eigenvalue weighted by Gasteiger charge is -2.24. The zero-order valence-corrected chi connectivity index (χ0v) is 14.6. The highest BCUT2D eigenvalue weighted by Crippen LogP contribution is 2.41. The minimum atomic E-state index is -0.611. The van der Waals surface area contributed by atoms with Crippen molar-refractivity contribution in [2.75, 3.05) is 30.0 Å². The summed E-state index contributed by atoms with van der Waals surface area (Å²) in [4.78, 5) is 38.0. The second kappa shape index (κ2) is 6.57. The van der Waals surface area contributed by atoms with E-state index in [4.69, 9.17) is 4.74 Å². The smallest absolute Gasteiger partial charge is 0.415 e. The number of amides is 2. The highest BCUT2D eigenvalue weighted by Gasteiger charge is 2.48. The lowest BCUT2D eigenvalue weighted by atomic mass is 10.0. The number of alkyl carbamates (subject to hydrolysis) is 1. The maximum atomic E-state index is 14.7. The Morgan fingerprint density at radius 3 is 2.89 bits per heavy atom. The molecule has 3 heterocycles. The van der Waals surface area contributed by atoms with Crippen LogP contribution in [0.5, 0.6) is 0 Å². The van der Waals surface area contributed by atoms with Gasteiger partial charge in [-0.3, -0.25) is 9.69 Å². The number of ketones is 1. The number of anilines is 2. The Hall–Kier alpha value is -3.10. The number of hydrogen-bond acceptors (Lipinski definition) is 6. The molecule has 0 spiro atoms. The van der Waals surface area contributed by atoms with E-state index in [1.165, 1.54) is 24.2 Å². The third-order valence-electron chi connectivity index (χ3n) is 5.03. The van der Waals surface area contributed by atoms with Crippen LogP contribution in [0.4, 0.5) is 25.4 Å². The van der Waals surface area contributed by atoms with Gasteiger partial charge in [-0.15, -0.1) is 0 Å². The van der Waals surface area contributed by atoms with Gasteiger partial charge in [-0.25, -0.2) is 14.0 Å². The van der Waals surface area contributed by atoms with Crippen LogP contribution >= 0.6 is 0 Å². The minimum absolute atomic E-state index is 0.0113. The van der Waals surface area contributed by atoms with E-state index in [-0.39, 0.29) is 18.4 Å². The Morgan fingerprint density at radius 1 is 1.37 bits per heavy atom. The maximum absolute atomic E-state index is 14.7. The summed E-state index contributed by atoms with van der Waals surface area (Å²) in [6.45, 7) is 0.520. The van der Waals surface area contributed by atoms with Crippen molar-refractivity contribution in [2.45, 2.75) is 25.0 Å². The number of cyclic esters (lactones) is 1. The first-order valence-electron chi connectivity index (χ1n) is 8.59. The Bertz CT molecular complexity index is 856. The average molecular weight is 375 g/mol. The molecule has 0 unspecified atom stereocenters. The number of carbonyl (C=O) groups excluding carboxylic acids is 3. The number of ether oxygens (including phenoxy) is 2. The summed E-state index contributed by atoms with van der Waals surface area (Å²) in [6, 6.07) is 2.71. The number of carbonyl (C=O) groups is 3. The molecule has 27 heavy (non-hydrogen) atoms. The van der Waals surface area contributed by atoms with E-state index in [2.05, 4.69) is 10.1 Å². The molecule has 0 radical (unpaired) electrons. The van der Waals surface area contributed by atoms with E-state index in [0.717, 1.165) is 5.56 Å². The number of nitrogens with one attached hydrogen (secondary N) is 1.